The molecule has 0 fully saturated rings. The van der Waals surface area contributed by atoms with Crippen LogP contribution in [0.1, 0.15) is 18.9 Å². The molecule has 5 nitrogen and oxygen atoms in total. The van der Waals surface area contributed by atoms with Crippen molar-refractivity contribution in [3.63, 3.8) is 0 Å². The number of imide groups is 1. The average molecular weight is 261 g/mol. The summed E-state index contributed by atoms with van der Waals surface area (Å²) in [4.78, 5) is 25.6. The van der Waals surface area contributed by atoms with Crippen LogP contribution in [0.4, 0.5) is 11.4 Å². The fraction of sp³-hybridized carbons (Fsp3) is 0.429. The molecule has 0 saturated heterocycles. The first kappa shape index (κ1) is 13.5. The second kappa shape index (κ2) is 5.40. The molecule has 0 spiro atoms. The third-order valence-electron chi connectivity index (χ3n) is 3.46. The lowest BCUT2D eigenvalue weighted by molar-refractivity contribution is -0.128. The number of amides is 2. The minimum Gasteiger partial charge on any atom is -0.388 e. The number of aryl methyl sites for hydroxylation is 1. The van der Waals surface area contributed by atoms with E-state index in [-0.39, 0.29) is 24.3 Å². The molecule has 2 rings (SSSR count). The molecule has 5 heteroatoms. The number of anilines is 2. The maximum absolute atomic E-state index is 12.3. The molecule has 1 unspecified atom stereocenters. The SMILES string of the molecule is CNc1ccc2c(c1)CCC(=O)N2C(=O)C(C)CN. The van der Waals surface area contributed by atoms with Crippen molar-refractivity contribution in [1.82, 2.24) is 0 Å². The van der Waals surface area contributed by atoms with E-state index in [1.165, 1.54) is 4.90 Å². The van der Waals surface area contributed by atoms with Crippen LogP contribution in [0.5, 0.6) is 0 Å². The lowest BCUT2D eigenvalue weighted by atomic mass is 9.98. The van der Waals surface area contributed by atoms with Crippen LogP contribution >= 0.6 is 0 Å². The average Bonchev–Trinajstić information content (AvgIpc) is 2.45. The Hall–Kier alpha value is -1.88. The number of hydrogen-bond donors (Lipinski definition) is 2. The van der Waals surface area contributed by atoms with Gasteiger partial charge >= 0.3 is 0 Å². The minimum atomic E-state index is -0.348. The molecule has 19 heavy (non-hydrogen) atoms. The molecule has 1 heterocycles. The van der Waals surface area contributed by atoms with E-state index in [1.807, 2.05) is 25.2 Å². The van der Waals surface area contributed by atoms with Crippen molar-refractivity contribution in [2.45, 2.75) is 19.8 Å². The Morgan fingerprint density at radius 2 is 2.21 bits per heavy atom. The van der Waals surface area contributed by atoms with Crippen LogP contribution in [-0.4, -0.2) is 25.4 Å². The molecule has 0 aliphatic carbocycles. The first-order chi connectivity index (χ1) is 9.08. The number of carbonyl (C=O) groups is 2. The van der Waals surface area contributed by atoms with E-state index >= 15 is 0 Å². The lowest BCUT2D eigenvalue weighted by Gasteiger charge is -2.29. The number of fused-ring (bicyclic) bond motifs is 1. The molecule has 2 amide bonds. The van der Waals surface area contributed by atoms with Crippen molar-refractivity contribution in [2.75, 3.05) is 23.8 Å². The summed E-state index contributed by atoms with van der Waals surface area (Å²) in [7, 11) is 1.84. The van der Waals surface area contributed by atoms with E-state index in [1.54, 1.807) is 6.92 Å². The standard InChI is InChI=1S/C14H19N3O2/c1-9(8-15)14(19)17-12-5-4-11(16-2)7-10(12)3-6-13(17)18/h4-5,7,9,16H,3,6,8,15H2,1-2H3. The third kappa shape index (κ3) is 2.46. The number of rotatable bonds is 3. The Morgan fingerprint density at radius 3 is 2.84 bits per heavy atom. The van der Waals surface area contributed by atoms with Gasteiger partial charge in [-0.1, -0.05) is 6.92 Å². The van der Waals surface area contributed by atoms with E-state index in [0.717, 1.165) is 11.3 Å². The van der Waals surface area contributed by atoms with Gasteiger partial charge in [-0.05, 0) is 30.2 Å². The highest BCUT2D eigenvalue weighted by Crippen LogP contribution is 2.31. The van der Waals surface area contributed by atoms with Crippen molar-refractivity contribution in [1.29, 1.82) is 0 Å². The van der Waals surface area contributed by atoms with Gasteiger partial charge in [-0.15, -0.1) is 0 Å². The van der Waals surface area contributed by atoms with Crippen LogP contribution in [-0.2, 0) is 16.0 Å². The molecule has 3 N–H and O–H groups in total. The highest BCUT2D eigenvalue weighted by Gasteiger charge is 2.31. The fourth-order valence-corrected chi connectivity index (χ4v) is 2.21. The Balaban J connectivity index is 2.41. The highest BCUT2D eigenvalue weighted by atomic mass is 16.2. The van der Waals surface area contributed by atoms with Crippen molar-refractivity contribution in [2.24, 2.45) is 11.7 Å². The van der Waals surface area contributed by atoms with Gasteiger partial charge in [0.25, 0.3) is 0 Å². The Bertz CT molecular complexity index is 513. The summed E-state index contributed by atoms with van der Waals surface area (Å²) >= 11 is 0. The van der Waals surface area contributed by atoms with Crippen molar-refractivity contribution in [3.8, 4) is 0 Å². The molecule has 1 atom stereocenters. The quantitative estimate of drug-likeness (QED) is 0.855. The van der Waals surface area contributed by atoms with E-state index in [4.69, 9.17) is 5.73 Å². The maximum atomic E-state index is 12.3. The fourth-order valence-electron chi connectivity index (χ4n) is 2.21. The zero-order chi connectivity index (χ0) is 14.0. The van der Waals surface area contributed by atoms with Crippen LogP contribution in [0.25, 0.3) is 0 Å². The van der Waals surface area contributed by atoms with Crippen LogP contribution in [0.15, 0.2) is 18.2 Å². The number of carbonyl (C=O) groups excluding carboxylic acids is 2. The van der Waals surface area contributed by atoms with Gasteiger partial charge in [-0.2, -0.15) is 0 Å². The van der Waals surface area contributed by atoms with E-state index in [9.17, 15) is 9.59 Å². The summed E-state index contributed by atoms with van der Waals surface area (Å²) in [5, 5.41) is 3.06. The molecule has 0 saturated carbocycles. The molecule has 0 aromatic heterocycles. The summed E-state index contributed by atoms with van der Waals surface area (Å²) < 4.78 is 0. The van der Waals surface area contributed by atoms with E-state index in [0.29, 0.717) is 18.5 Å². The molecule has 0 radical (unpaired) electrons. The first-order valence-corrected chi connectivity index (χ1v) is 6.46. The van der Waals surface area contributed by atoms with Gasteiger partial charge in [0.15, 0.2) is 0 Å². The third-order valence-corrected chi connectivity index (χ3v) is 3.46. The van der Waals surface area contributed by atoms with Gasteiger partial charge in [-0.3, -0.25) is 14.5 Å². The molecule has 1 aliphatic heterocycles. The smallest absolute Gasteiger partial charge is 0.237 e. The Kier molecular flexibility index (Phi) is 3.85. The normalized spacial score (nSPS) is 15.9. The number of benzene rings is 1. The number of nitrogens with zero attached hydrogens (tertiary/aromatic N) is 1. The number of nitrogens with two attached hydrogens (primary N) is 1. The number of nitrogens with one attached hydrogen (secondary N) is 1. The zero-order valence-corrected chi connectivity index (χ0v) is 11.3. The zero-order valence-electron chi connectivity index (χ0n) is 11.3. The van der Waals surface area contributed by atoms with Crippen LogP contribution in [0.3, 0.4) is 0 Å². The van der Waals surface area contributed by atoms with Crippen molar-refractivity contribution in [3.05, 3.63) is 23.8 Å². The summed E-state index contributed by atoms with van der Waals surface area (Å²) in [6.07, 6.45) is 1.04. The number of hydrogen-bond acceptors (Lipinski definition) is 4. The first-order valence-electron chi connectivity index (χ1n) is 6.46. The predicted molar refractivity (Wildman–Crippen MR) is 75.0 cm³/mol. The topological polar surface area (TPSA) is 75.4 Å². The Morgan fingerprint density at radius 1 is 1.47 bits per heavy atom. The molecule has 0 bridgehead atoms. The van der Waals surface area contributed by atoms with Gasteiger partial charge in [0, 0.05) is 31.6 Å². The van der Waals surface area contributed by atoms with Gasteiger partial charge in [0.2, 0.25) is 11.8 Å². The molecule has 1 aliphatic rings. The summed E-state index contributed by atoms with van der Waals surface area (Å²) in [6, 6.07) is 5.67. The second-order valence-electron chi connectivity index (χ2n) is 4.80. The van der Waals surface area contributed by atoms with E-state index in [2.05, 4.69) is 5.32 Å². The molecule has 102 valence electrons. The minimum absolute atomic E-state index is 0.144. The van der Waals surface area contributed by atoms with Crippen LogP contribution in [0.2, 0.25) is 0 Å². The maximum Gasteiger partial charge on any atom is 0.237 e. The van der Waals surface area contributed by atoms with Gasteiger partial charge in [-0.25, -0.2) is 0 Å². The van der Waals surface area contributed by atoms with Gasteiger partial charge < -0.3 is 11.1 Å². The van der Waals surface area contributed by atoms with Gasteiger partial charge in [0.05, 0.1) is 5.69 Å². The van der Waals surface area contributed by atoms with Crippen molar-refractivity contribution >= 4 is 23.2 Å². The van der Waals surface area contributed by atoms with Gasteiger partial charge in [0.1, 0.15) is 0 Å². The second-order valence-corrected chi connectivity index (χ2v) is 4.80. The molecule has 1 aromatic carbocycles. The predicted octanol–water partition coefficient (Wildman–Crippen LogP) is 1.13. The largest absolute Gasteiger partial charge is 0.388 e. The summed E-state index contributed by atoms with van der Waals surface area (Å²) in [5.74, 6) is -0.709. The van der Waals surface area contributed by atoms with Crippen LogP contribution < -0.4 is 16.0 Å². The van der Waals surface area contributed by atoms with E-state index < -0.39 is 0 Å². The molecule has 1 aromatic rings. The molecular weight excluding hydrogens is 242 g/mol. The molecular formula is C14H19N3O2. The monoisotopic (exact) mass is 261 g/mol. The Labute approximate surface area is 112 Å². The summed E-state index contributed by atoms with van der Waals surface area (Å²) in [5.41, 5.74) is 8.21. The highest BCUT2D eigenvalue weighted by molar-refractivity contribution is 6.17. The van der Waals surface area contributed by atoms with Crippen molar-refractivity contribution < 1.29 is 9.59 Å². The van der Waals surface area contributed by atoms with Crippen LogP contribution in [0, 0.1) is 5.92 Å². The lowest BCUT2D eigenvalue weighted by Crippen LogP contribution is -2.44. The summed E-state index contributed by atoms with van der Waals surface area (Å²) in [6.45, 7) is 1.98.